The molecule has 8 aromatic rings. The molecular formula is C76H92N6O10P2+2. The standard InChI is InChI=1S/C76H90N6O10P2/c1-80-54-66(53-77-80)93(63-28-18-16-19-29-63,50-26-14-10-6-2-4-8-12-22-34-73(85)78-69(55-83)75(87)58-36-43-61(44-37-58)81(89)90)65-47-40-57(41-48-65)60-42-49-68-67-32-24-25-33-71(67)94(72(68)52-60,64-30-20-17-21-31-64)51-27-15-11-7-3-5-9-13-23-35-74(86)79-70(56-84)76(88)59-38-45-62(46-39-59)82(91)92/h16-21,24-25,28-33,36-49,52-54,69-70,75-76,83-84,87-88H,2-15,22-23,26-27,34-35,50-51,55-56H2,1H3/p+2/t69-,70-,75-,76-,93?,94?/m1/s1. The lowest BCUT2D eigenvalue weighted by Crippen LogP contribution is -2.41. The van der Waals surface area contributed by atoms with Crippen molar-refractivity contribution in [3.8, 4) is 22.3 Å². The number of aryl methyl sites for hydroxylation is 1. The Hall–Kier alpha value is -7.81. The molecular weight excluding hydrogens is 1220 g/mol. The van der Waals surface area contributed by atoms with Gasteiger partial charge in [-0.15, -0.1) is 0 Å². The van der Waals surface area contributed by atoms with Crippen LogP contribution >= 0.6 is 14.5 Å². The molecule has 94 heavy (non-hydrogen) atoms. The molecule has 7 aromatic carbocycles. The lowest BCUT2D eigenvalue weighted by atomic mass is 10.0. The van der Waals surface area contributed by atoms with Crippen LogP contribution in [0.2, 0.25) is 0 Å². The summed E-state index contributed by atoms with van der Waals surface area (Å²) in [5, 5.41) is 82.0. The Morgan fingerprint density at radius 1 is 0.500 bits per heavy atom. The van der Waals surface area contributed by atoms with Gasteiger partial charge in [-0.1, -0.05) is 150 Å². The van der Waals surface area contributed by atoms with Crippen LogP contribution in [0.1, 0.15) is 152 Å². The highest BCUT2D eigenvalue weighted by atomic mass is 31.2. The van der Waals surface area contributed by atoms with Crippen molar-refractivity contribution in [3.63, 3.8) is 0 Å². The maximum Gasteiger partial charge on any atom is 0.269 e. The van der Waals surface area contributed by atoms with Crippen LogP contribution < -0.4 is 42.5 Å². The largest absolute Gasteiger partial charge is 0.394 e. The molecule has 0 fully saturated rings. The molecule has 0 saturated heterocycles. The average Bonchev–Trinajstić information content (AvgIpc) is 1.54. The Balaban J connectivity index is 0.779. The van der Waals surface area contributed by atoms with Crippen LogP contribution in [-0.2, 0) is 16.6 Å². The van der Waals surface area contributed by atoms with Crippen molar-refractivity contribution in [2.24, 2.45) is 7.05 Å². The Labute approximate surface area is 554 Å². The number of benzene rings is 7. The van der Waals surface area contributed by atoms with E-state index in [-0.39, 0.29) is 23.2 Å². The second kappa shape index (κ2) is 35.1. The van der Waals surface area contributed by atoms with Crippen molar-refractivity contribution in [3.05, 3.63) is 220 Å². The van der Waals surface area contributed by atoms with Crippen LogP contribution in [0.25, 0.3) is 22.3 Å². The van der Waals surface area contributed by atoms with Gasteiger partial charge in [0.25, 0.3) is 11.4 Å². The fourth-order valence-electron chi connectivity index (χ4n) is 13.6. The van der Waals surface area contributed by atoms with E-state index >= 15 is 0 Å². The van der Waals surface area contributed by atoms with Crippen LogP contribution in [0.4, 0.5) is 11.4 Å². The molecule has 494 valence electrons. The number of carbonyl (C=O) groups excluding carboxylic acids is 2. The Morgan fingerprint density at radius 3 is 1.43 bits per heavy atom. The monoisotopic (exact) mass is 1310 g/mol. The summed E-state index contributed by atoms with van der Waals surface area (Å²) in [5.74, 6) is -0.480. The summed E-state index contributed by atoms with van der Waals surface area (Å²) in [7, 11) is -2.15. The molecule has 0 saturated carbocycles. The van der Waals surface area contributed by atoms with Crippen molar-refractivity contribution in [2.75, 3.05) is 25.5 Å². The number of nitrogens with zero attached hydrogens (tertiary/aromatic N) is 4. The maximum atomic E-state index is 12.8. The van der Waals surface area contributed by atoms with Crippen LogP contribution in [0.5, 0.6) is 0 Å². The highest BCUT2D eigenvalue weighted by Gasteiger charge is 2.53. The van der Waals surface area contributed by atoms with Gasteiger partial charge in [-0.05, 0) is 140 Å². The predicted octanol–water partition coefficient (Wildman–Crippen LogP) is 12.7. The van der Waals surface area contributed by atoms with E-state index in [9.17, 15) is 50.2 Å². The number of aromatic nitrogens is 2. The van der Waals surface area contributed by atoms with Gasteiger partial charge < -0.3 is 31.1 Å². The molecule has 1 aliphatic rings. The fourth-order valence-corrected chi connectivity index (χ4v) is 22.7. The highest BCUT2D eigenvalue weighted by molar-refractivity contribution is 7.96. The van der Waals surface area contributed by atoms with Crippen molar-refractivity contribution in [1.82, 2.24) is 20.4 Å². The lowest BCUT2D eigenvalue weighted by molar-refractivity contribution is -0.385. The van der Waals surface area contributed by atoms with E-state index in [0.29, 0.717) is 36.8 Å². The van der Waals surface area contributed by atoms with Crippen LogP contribution in [0.15, 0.2) is 188 Å². The first kappa shape index (κ1) is 70.5. The van der Waals surface area contributed by atoms with Gasteiger partial charge in [-0.3, -0.25) is 34.5 Å². The van der Waals surface area contributed by atoms with E-state index in [2.05, 4.69) is 150 Å². The number of nitro benzene ring substituents is 2. The number of amides is 2. The van der Waals surface area contributed by atoms with Crippen molar-refractivity contribution in [2.45, 2.75) is 153 Å². The molecule has 2 amide bonds. The Bertz CT molecular complexity index is 3710. The van der Waals surface area contributed by atoms with E-state index in [1.54, 1.807) is 0 Å². The van der Waals surface area contributed by atoms with Gasteiger partial charge in [0, 0.05) is 55.3 Å². The Morgan fingerprint density at radius 2 is 0.936 bits per heavy atom. The number of carbonyl (C=O) groups is 2. The number of aliphatic hydroxyl groups excluding tert-OH is 4. The number of nitro groups is 2. The summed E-state index contributed by atoms with van der Waals surface area (Å²) in [4.78, 5) is 46.6. The van der Waals surface area contributed by atoms with Crippen LogP contribution in [0.3, 0.4) is 0 Å². The summed E-state index contributed by atoms with van der Waals surface area (Å²) in [6, 6.07) is 57.3. The second-order valence-electron chi connectivity index (χ2n) is 25.1. The summed E-state index contributed by atoms with van der Waals surface area (Å²) in [6.45, 7) is -0.923. The molecule has 9 rings (SSSR count). The fraction of sp³-hybridized carbons (Fsp3) is 0.382. The number of aliphatic hydroxyl groups is 4. The van der Waals surface area contributed by atoms with E-state index < -0.39 is 61.9 Å². The molecule has 2 heterocycles. The molecule has 6 atom stereocenters. The number of non-ortho nitro benzene ring substituents is 2. The minimum atomic E-state index is -2.13. The van der Waals surface area contributed by atoms with Gasteiger partial charge in [0.15, 0.2) is 0 Å². The second-order valence-corrected chi connectivity index (χ2v) is 32.2. The molecule has 0 spiro atoms. The van der Waals surface area contributed by atoms with E-state index in [1.807, 2.05) is 11.7 Å². The van der Waals surface area contributed by atoms with Crippen LogP contribution in [-0.4, -0.2) is 89.5 Å². The molecule has 2 unspecified atom stereocenters. The summed E-state index contributed by atoms with van der Waals surface area (Å²) in [6.07, 6.45) is 23.6. The average molecular weight is 1310 g/mol. The van der Waals surface area contributed by atoms with Gasteiger partial charge in [0.2, 0.25) is 11.8 Å². The molecule has 1 aliphatic heterocycles. The molecule has 0 aliphatic carbocycles. The molecule has 0 radical (unpaired) electrons. The molecule has 16 nitrogen and oxygen atoms in total. The minimum absolute atomic E-state index is 0.0988. The topological polar surface area (TPSA) is 243 Å². The summed E-state index contributed by atoms with van der Waals surface area (Å²) < 4.78 is 1.94. The molecule has 18 heteroatoms. The first-order valence-corrected chi connectivity index (χ1v) is 37.6. The van der Waals surface area contributed by atoms with Crippen molar-refractivity contribution >= 4 is 69.5 Å². The van der Waals surface area contributed by atoms with Crippen LogP contribution in [0, 0.1) is 20.2 Å². The summed E-state index contributed by atoms with van der Waals surface area (Å²) in [5.41, 5.74) is 5.70. The minimum Gasteiger partial charge on any atom is -0.394 e. The third kappa shape index (κ3) is 17.7. The van der Waals surface area contributed by atoms with Gasteiger partial charge in [0.05, 0.1) is 59.9 Å². The van der Waals surface area contributed by atoms with Gasteiger partial charge in [-0.25, -0.2) is 0 Å². The first-order chi connectivity index (χ1) is 45.8. The van der Waals surface area contributed by atoms with Crippen molar-refractivity contribution in [1.29, 1.82) is 0 Å². The SMILES string of the molecule is Cn1cc([P+](CCCCCCCCCCCC(=O)N[C@H](CO)[C@H](O)c2ccc([N+](=O)[O-])cc2)(c2ccccc2)c2ccc(-c3ccc4c(c3)[P+](CCCCCCCCCCCC(=O)N[C@H](CO)[C@H](O)c3ccc([N+](=O)[O-])cc3)(c3ccccc3)c3ccccc3-4)cc2)cn1. The zero-order valence-corrected chi connectivity index (χ0v) is 55.9. The zero-order chi connectivity index (χ0) is 66.3. The normalized spacial score (nSPS) is 15.2. The molecule has 0 bridgehead atoms. The highest BCUT2D eigenvalue weighted by Crippen LogP contribution is 2.63. The smallest absolute Gasteiger partial charge is 0.269 e. The number of hydrogen-bond donors (Lipinski definition) is 6. The third-order valence-electron chi connectivity index (χ3n) is 18.7. The number of rotatable bonds is 39. The lowest BCUT2D eigenvalue weighted by Gasteiger charge is -2.26. The van der Waals surface area contributed by atoms with E-state index in [0.717, 1.165) is 109 Å². The maximum absolute atomic E-state index is 12.8. The van der Waals surface area contributed by atoms with E-state index in [4.69, 9.17) is 5.10 Å². The number of unbranched alkanes of at least 4 members (excludes halogenated alkanes) is 16. The van der Waals surface area contributed by atoms with Gasteiger partial charge in [-0.2, -0.15) is 5.10 Å². The Kier molecular flexibility index (Phi) is 26.3. The third-order valence-corrected chi connectivity index (χ3v) is 27.7. The molecule has 6 N–H and O–H groups in total. The summed E-state index contributed by atoms with van der Waals surface area (Å²) >= 11 is 0. The molecule has 1 aromatic heterocycles. The van der Waals surface area contributed by atoms with Crippen molar-refractivity contribution < 1.29 is 39.9 Å². The van der Waals surface area contributed by atoms with E-state index in [1.165, 1.54) is 109 Å². The zero-order valence-electron chi connectivity index (χ0n) is 54.1. The number of hydrogen-bond acceptors (Lipinski definition) is 11. The quantitative estimate of drug-likeness (QED) is 0.00916. The van der Waals surface area contributed by atoms with Gasteiger partial charge in [0.1, 0.15) is 58.6 Å². The predicted molar refractivity (Wildman–Crippen MR) is 381 cm³/mol. The number of fused-ring (bicyclic) bond motifs is 3. The first-order valence-electron chi connectivity index (χ1n) is 33.6. The number of nitrogens with one attached hydrogen (secondary N) is 2. The van der Waals surface area contributed by atoms with Gasteiger partial charge >= 0.3 is 0 Å².